The molecule has 2 nitrogen and oxygen atoms in total. The lowest BCUT2D eigenvalue weighted by Gasteiger charge is -1.91. The van der Waals surface area contributed by atoms with Crippen LogP contribution in [0.15, 0.2) is 30.3 Å². The van der Waals surface area contributed by atoms with Crippen LogP contribution < -0.4 is 5.73 Å². The van der Waals surface area contributed by atoms with E-state index in [1.54, 1.807) is 12.1 Å². The number of carbonyl (C=O) groups excluding carboxylic acids is 1. The fourth-order valence-electron chi connectivity index (χ4n) is 0.770. The van der Waals surface area contributed by atoms with Gasteiger partial charge in [0.2, 0.25) is 0 Å². The quantitative estimate of drug-likeness (QED) is 0.588. The fraction of sp³-hybridized carbons (Fsp3) is 0.125. The van der Waals surface area contributed by atoms with E-state index in [0.29, 0.717) is 0 Å². The highest BCUT2D eigenvalue weighted by Crippen LogP contribution is 1.97. The van der Waals surface area contributed by atoms with Crippen LogP contribution in [0.2, 0.25) is 0 Å². The van der Waals surface area contributed by atoms with E-state index < -0.39 is 5.91 Å². The van der Waals surface area contributed by atoms with Gasteiger partial charge in [-0.25, -0.2) is 0 Å². The number of amides is 1. The highest BCUT2D eigenvalue weighted by atomic mass is 16.1. The number of benzene rings is 1. The van der Waals surface area contributed by atoms with Crippen molar-refractivity contribution in [1.82, 2.24) is 5.73 Å². The number of hydrogen-bond donors (Lipinski definition) is 0. The SMILES string of the molecule is [N]C(=O)Cc1ccccc1. The third-order valence-electron chi connectivity index (χ3n) is 1.20. The van der Waals surface area contributed by atoms with Gasteiger partial charge in [-0.1, -0.05) is 30.3 Å². The standard InChI is InChI=1S/C8H7NO/c9-8(10)6-7-4-2-1-3-5-7/h1-5H,6H2. The molecule has 0 aromatic heterocycles. The maximum atomic E-state index is 10.2. The Morgan fingerprint density at radius 2 is 1.90 bits per heavy atom. The number of carbonyl (C=O) groups is 1. The minimum atomic E-state index is -0.786. The van der Waals surface area contributed by atoms with Crippen molar-refractivity contribution in [1.29, 1.82) is 0 Å². The molecular formula is C8H7NO. The van der Waals surface area contributed by atoms with Crippen molar-refractivity contribution < 1.29 is 4.79 Å². The minimum absolute atomic E-state index is 0.112. The predicted octanol–water partition coefficient (Wildman–Crippen LogP) is 0.824. The Hall–Kier alpha value is -1.31. The number of nitrogens with zero attached hydrogens (tertiary/aromatic N) is 1. The number of hydrogen-bond acceptors (Lipinski definition) is 1. The summed E-state index contributed by atoms with van der Waals surface area (Å²) in [6.45, 7) is 0. The summed E-state index contributed by atoms with van der Waals surface area (Å²) in [4.78, 5) is 10.2. The summed E-state index contributed by atoms with van der Waals surface area (Å²) in [5, 5.41) is 0. The molecule has 1 amide bonds. The summed E-state index contributed by atoms with van der Waals surface area (Å²) in [7, 11) is 0. The molecule has 0 unspecified atom stereocenters. The summed E-state index contributed by atoms with van der Waals surface area (Å²) >= 11 is 0. The Balaban J connectivity index is 2.67. The van der Waals surface area contributed by atoms with Gasteiger partial charge in [-0.05, 0) is 5.56 Å². The Kier molecular flexibility index (Phi) is 2.05. The van der Waals surface area contributed by atoms with E-state index in [4.69, 9.17) is 5.73 Å². The average molecular weight is 133 g/mol. The van der Waals surface area contributed by atoms with Crippen LogP contribution in [-0.2, 0) is 11.2 Å². The van der Waals surface area contributed by atoms with E-state index >= 15 is 0 Å². The molecule has 2 heteroatoms. The van der Waals surface area contributed by atoms with Crippen LogP contribution in [0.5, 0.6) is 0 Å². The van der Waals surface area contributed by atoms with Crippen molar-refractivity contribution in [3.05, 3.63) is 35.9 Å². The summed E-state index contributed by atoms with van der Waals surface area (Å²) in [5.41, 5.74) is 9.21. The van der Waals surface area contributed by atoms with Crippen LogP contribution in [-0.4, -0.2) is 5.91 Å². The molecule has 0 saturated carbocycles. The van der Waals surface area contributed by atoms with Crippen molar-refractivity contribution in [2.24, 2.45) is 0 Å². The molecule has 0 bridgehead atoms. The van der Waals surface area contributed by atoms with Gasteiger partial charge in [0.1, 0.15) is 0 Å². The van der Waals surface area contributed by atoms with Gasteiger partial charge in [-0.3, -0.25) is 4.79 Å². The zero-order valence-corrected chi connectivity index (χ0v) is 5.45. The molecule has 0 spiro atoms. The Morgan fingerprint density at radius 3 is 2.40 bits per heavy atom. The molecule has 10 heavy (non-hydrogen) atoms. The van der Waals surface area contributed by atoms with Crippen LogP contribution >= 0.6 is 0 Å². The van der Waals surface area contributed by atoms with E-state index in [-0.39, 0.29) is 6.42 Å². The van der Waals surface area contributed by atoms with Gasteiger partial charge in [0, 0.05) is 0 Å². The van der Waals surface area contributed by atoms with Crippen molar-refractivity contribution in [3.8, 4) is 0 Å². The van der Waals surface area contributed by atoms with Gasteiger partial charge in [-0.15, -0.1) is 5.73 Å². The second-order valence-electron chi connectivity index (χ2n) is 2.06. The van der Waals surface area contributed by atoms with Crippen molar-refractivity contribution in [2.45, 2.75) is 6.42 Å². The Morgan fingerprint density at radius 1 is 1.30 bits per heavy atom. The molecule has 0 aliphatic carbocycles. The smallest absolute Gasteiger partial charge is 0.269 e. The van der Waals surface area contributed by atoms with E-state index in [1.807, 2.05) is 18.2 Å². The molecule has 0 fully saturated rings. The first-order valence-corrected chi connectivity index (χ1v) is 3.05. The number of rotatable bonds is 2. The Bertz CT molecular complexity index is 218. The highest BCUT2D eigenvalue weighted by Gasteiger charge is 1.96. The molecule has 0 saturated heterocycles. The summed E-state index contributed by atoms with van der Waals surface area (Å²) < 4.78 is 0. The van der Waals surface area contributed by atoms with E-state index in [1.165, 1.54) is 0 Å². The maximum Gasteiger partial charge on any atom is 0.269 e. The largest absolute Gasteiger partial charge is 0.271 e. The minimum Gasteiger partial charge on any atom is -0.271 e. The highest BCUT2D eigenvalue weighted by molar-refractivity contribution is 5.75. The van der Waals surface area contributed by atoms with E-state index in [0.717, 1.165) is 5.56 Å². The van der Waals surface area contributed by atoms with Crippen LogP contribution in [0.4, 0.5) is 0 Å². The third-order valence-corrected chi connectivity index (χ3v) is 1.20. The lowest BCUT2D eigenvalue weighted by Crippen LogP contribution is -2.01. The van der Waals surface area contributed by atoms with Gasteiger partial charge in [0.25, 0.3) is 5.91 Å². The van der Waals surface area contributed by atoms with Crippen molar-refractivity contribution in [2.75, 3.05) is 0 Å². The molecule has 0 aliphatic heterocycles. The topological polar surface area (TPSA) is 39.4 Å². The van der Waals surface area contributed by atoms with Crippen LogP contribution in [0.1, 0.15) is 5.56 Å². The molecule has 0 atom stereocenters. The molecule has 0 heterocycles. The van der Waals surface area contributed by atoms with Crippen molar-refractivity contribution >= 4 is 5.91 Å². The predicted molar refractivity (Wildman–Crippen MR) is 37.3 cm³/mol. The maximum absolute atomic E-state index is 10.2. The fourth-order valence-corrected chi connectivity index (χ4v) is 0.770. The lowest BCUT2D eigenvalue weighted by molar-refractivity contribution is -0.118. The first-order valence-electron chi connectivity index (χ1n) is 3.05. The van der Waals surface area contributed by atoms with Gasteiger partial charge >= 0.3 is 0 Å². The second kappa shape index (κ2) is 3.01. The molecular weight excluding hydrogens is 126 g/mol. The lowest BCUT2D eigenvalue weighted by atomic mass is 10.1. The summed E-state index contributed by atoms with van der Waals surface area (Å²) in [6.07, 6.45) is 0.112. The molecule has 2 radical (unpaired) electrons. The monoisotopic (exact) mass is 133 g/mol. The molecule has 1 rings (SSSR count). The van der Waals surface area contributed by atoms with E-state index in [2.05, 4.69) is 0 Å². The molecule has 50 valence electrons. The average Bonchev–Trinajstić information content (AvgIpc) is 1.88. The molecule has 0 N–H and O–H groups in total. The Labute approximate surface area is 59.7 Å². The first-order chi connectivity index (χ1) is 4.79. The third kappa shape index (κ3) is 1.90. The molecule has 1 aromatic carbocycles. The molecule has 0 aliphatic rings. The van der Waals surface area contributed by atoms with Crippen molar-refractivity contribution in [3.63, 3.8) is 0 Å². The van der Waals surface area contributed by atoms with Crippen LogP contribution in [0.3, 0.4) is 0 Å². The summed E-state index contributed by atoms with van der Waals surface area (Å²) in [5.74, 6) is -0.786. The summed E-state index contributed by atoms with van der Waals surface area (Å²) in [6, 6.07) is 9.13. The normalized spacial score (nSPS) is 9.20. The van der Waals surface area contributed by atoms with E-state index in [9.17, 15) is 4.79 Å². The zero-order valence-electron chi connectivity index (χ0n) is 5.45. The molecule has 1 aromatic rings. The van der Waals surface area contributed by atoms with Gasteiger partial charge in [0.05, 0.1) is 6.42 Å². The van der Waals surface area contributed by atoms with Gasteiger partial charge in [0.15, 0.2) is 0 Å². The van der Waals surface area contributed by atoms with Crippen LogP contribution in [0.25, 0.3) is 0 Å². The second-order valence-corrected chi connectivity index (χ2v) is 2.06. The van der Waals surface area contributed by atoms with Gasteiger partial charge < -0.3 is 0 Å². The van der Waals surface area contributed by atoms with Crippen LogP contribution in [0, 0.1) is 0 Å². The van der Waals surface area contributed by atoms with Gasteiger partial charge in [-0.2, -0.15) is 0 Å². The zero-order chi connectivity index (χ0) is 7.40. The first kappa shape index (κ1) is 6.81.